The monoisotopic (exact) mass is 472 g/mol. The van der Waals surface area contributed by atoms with Crippen LogP contribution in [0.15, 0.2) is 72.8 Å². The lowest BCUT2D eigenvalue weighted by molar-refractivity contribution is -0.123. The molecule has 1 aliphatic heterocycles. The van der Waals surface area contributed by atoms with E-state index >= 15 is 0 Å². The molecule has 4 rings (SSSR count). The van der Waals surface area contributed by atoms with E-state index in [1.165, 1.54) is 18.2 Å². The highest BCUT2D eigenvalue weighted by Crippen LogP contribution is 2.38. The molecule has 0 radical (unpaired) electrons. The van der Waals surface area contributed by atoms with Crippen molar-refractivity contribution in [2.24, 2.45) is 5.92 Å². The van der Waals surface area contributed by atoms with Crippen molar-refractivity contribution in [2.45, 2.75) is 52.0 Å². The number of carbonyl (C=O) groups excluding carboxylic acids is 2. The lowest BCUT2D eigenvalue weighted by atomic mass is 9.83. The number of benzene rings is 3. The number of piperidine rings is 1. The van der Waals surface area contributed by atoms with Crippen LogP contribution in [0.25, 0.3) is 0 Å². The summed E-state index contributed by atoms with van der Waals surface area (Å²) in [7, 11) is 0. The number of aryl methyl sites for hydroxylation is 1. The van der Waals surface area contributed by atoms with Gasteiger partial charge in [0.15, 0.2) is 0 Å². The molecule has 35 heavy (non-hydrogen) atoms. The Kier molecular flexibility index (Phi) is 7.06. The molecule has 1 heterocycles. The fourth-order valence-electron chi connectivity index (χ4n) is 4.88. The zero-order valence-corrected chi connectivity index (χ0v) is 20.8. The van der Waals surface area contributed by atoms with Crippen LogP contribution in [-0.2, 0) is 10.2 Å². The Morgan fingerprint density at radius 2 is 1.71 bits per heavy atom. The van der Waals surface area contributed by atoms with Crippen LogP contribution in [0.5, 0.6) is 0 Å². The summed E-state index contributed by atoms with van der Waals surface area (Å²) >= 11 is 0. The number of hydrogen-bond acceptors (Lipinski definition) is 2. The molecule has 0 bridgehead atoms. The number of halogens is 1. The first-order valence-electron chi connectivity index (χ1n) is 12.2. The maximum atomic E-state index is 13.7. The molecule has 0 saturated carbocycles. The van der Waals surface area contributed by atoms with E-state index in [4.69, 9.17) is 0 Å². The molecular formula is C30H33FN2O2. The molecule has 182 valence electrons. The van der Waals surface area contributed by atoms with Gasteiger partial charge in [0.1, 0.15) is 5.82 Å². The topological polar surface area (TPSA) is 49.4 Å². The number of amides is 2. The van der Waals surface area contributed by atoms with Crippen molar-refractivity contribution in [1.82, 2.24) is 4.90 Å². The summed E-state index contributed by atoms with van der Waals surface area (Å²) in [5, 5.41) is 3.12. The highest BCUT2D eigenvalue weighted by Gasteiger charge is 2.40. The quantitative estimate of drug-likeness (QED) is 0.461. The SMILES string of the molecule is Cc1cc(F)ccc1C(=O)N1CCCC(C(=O)Nc2cccc(C(C)(C)C)c2)C1c1ccccc1. The van der Waals surface area contributed by atoms with Crippen molar-refractivity contribution in [3.8, 4) is 0 Å². The molecule has 0 aliphatic carbocycles. The molecule has 2 unspecified atom stereocenters. The second-order valence-electron chi connectivity index (χ2n) is 10.4. The zero-order valence-electron chi connectivity index (χ0n) is 20.8. The van der Waals surface area contributed by atoms with Crippen LogP contribution >= 0.6 is 0 Å². The molecule has 3 aromatic rings. The summed E-state index contributed by atoms with van der Waals surface area (Å²) in [5.74, 6) is -1.05. The summed E-state index contributed by atoms with van der Waals surface area (Å²) in [6.07, 6.45) is 1.39. The smallest absolute Gasteiger partial charge is 0.254 e. The van der Waals surface area contributed by atoms with E-state index in [1.54, 1.807) is 11.8 Å². The second kappa shape index (κ2) is 10.0. The number of nitrogens with zero attached hydrogens (tertiary/aromatic N) is 1. The molecule has 0 spiro atoms. The molecule has 0 aromatic heterocycles. The normalized spacial score (nSPS) is 18.3. The Morgan fingerprint density at radius 3 is 2.40 bits per heavy atom. The largest absolute Gasteiger partial charge is 0.331 e. The van der Waals surface area contributed by atoms with E-state index in [0.717, 1.165) is 23.2 Å². The molecule has 1 fully saturated rings. The summed E-state index contributed by atoms with van der Waals surface area (Å²) in [6.45, 7) is 8.70. The van der Waals surface area contributed by atoms with E-state index in [9.17, 15) is 14.0 Å². The van der Waals surface area contributed by atoms with E-state index < -0.39 is 12.0 Å². The van der Waals surface area contributed by atoms with Crippen molar-refractivity contribution >= 4 is 17.5 Å². The first-order valence-corrected chi connectivity index (χ1v) is 12.2. The minimum atomic E-state index is -0.410. The Hall–Kier alpha value is -3.47. The van der Waals surface area contributed by atoms with E-state index in [0.29, 0.717) is 24.1 Å². The van der Waals surface area contributed by atoms with E-state index in [-0.39, 0.29) is 23.0 Å². The Labute approximate surface area is 207 Å². The third-order valence-electron chi connectivity index (χ3n) is 6.78. The molecule has 2 amide bonds. The number of carbonyl (C=O) groups is 2. The minimum absolute atomic E-state index is 0.0333. The number of hydrogen-bond donors (Lipinski definition) is 1. The van der Waals surface area contributed by atoms with Gasteiger partial charge in [-0.05, 0) is 72.2 Å². The van der Waals surface area contributed by atoms with Gasteiger partial charge in [0, 0.05) is 17.8 Å². The van der Waals surface area contributed by atoms with Crippen LogP contribution in [0.2, 0.25) is 0 Å². The fourth-order valence-corrected chi connectivity index (χ4v) is 4.88. The Morgan fingerprint density at radius 1 is 0.971 bits per heavy atom. The average Bonchev–Trinajstić information content (AvgIpc) is 2.83. The van der Waals surface area contributed by atoms with Gasteiger partial charge in [-0.1, -0.05) is 63.2 Å². The van der Waals surface area contributed by atoms with E-state index in [2.05, 4.69) is 32.2 Å². The first kappa shape index (κ1) is 24.6. The van der Waals surface area contributed by atoms with Crippen LogP contribution in [0, 0.1) is 18.7 Å². The van der Waals surface area contributed by atoms with Crippen molar-refractivity contribution < 1.29 is 14.0 Å². The minimum Gasteiger partial charge on any atom is -0.331 e. The summed E-state index contributed by atoms with van der Waals surface area (Å²) in [5.41, 5.74) is 3.84. The van der Waals surface area contributed by atoms with Gasteiger partial charge in [-0.2, -0.15) is 0 Å². The van der Waals surface area contributed by atoms with Gasteiger partial charge in [-0.3, -0.25) is 9.59 Å². The maximum Gasteiger partial charge on any atom is 0.254 e. The van der Waals surface area contributed by atoms with Gasteiger partial charge in [-0.15, -0.1) is 0 Å². The molecule has 2 atom stereocenters. The van der Waals surface area contributed by atoms with Gasteiger partial charge in [0.2, 0.25) is 5.91 Å². The highest BCUT2D eigenvalue weighted by molar-refractivity contribution is 5.98. The third kappa shape index (κ3) is 5.45. The number of anilines is 1. The molecule has 1 saturated heterocycles. The van der Waals surface area contributed by atoms with Crippen LogP contribution < -0.4 is 5.32 Å². The lowest BCUT2D eigenvalue weighted by Gasteiger charge is -2.41. The molecule has 1 N–H and O–H groups in total. The van der Waals surface area contributed by atoms with Crippen LogP contribution in [0.4, 0.5) is 10.1 Å². The number of rotatable bonds is 4. The molecule has 5 heteroatoms. The van der Waals surface area contributed by atoms with Crippen LogP contribution in [0.1, 0.15) is 66.7 Å². The standard InChI is InChI=1S/C30H33FN2O2/c1-20-18-23(31)15-16-25(20)29(35)33-17-9-14-26(27(33)21-10-6-5-7-11-21)28(34)32-24-13-8-12-22(19-24)30(2,3)4/h5-8,10-13,15-16,18-19,26-27H,9,14,17H2,1-4H3,(H,32,34). The summed E-state index contributed by atoms with van der Waals surface area (Å²) < 4.78 is 13.7. The van der Waals surface area contributed by atoms with Gasteiger partial charge in [-0.25, -0.2) is 4.39 Å². The summed E-state index contributed by atoms with van der Waals surface area (Å²) in [4.78, 5) is 29.1. The molecule has 3 aromatic carbocycles. The predicted octanol–water partition coefficient (Wildman–Crippen LogP) is 6.66. The lowest BCUT2D eigenvalue weighted by Crippen LogP contribution is -2.46. The number of nitrogens with one attached hydrogen (secondary N) is 1. The van der Waals surface area contributed by atoms with Crippen molar-refractivity contribution in [3.05, 3.63) is 101 Å². The highest BCUT2D eigenvalue weighted by atomic mass is 19.1. The van der Waals surface area contributed by atoms with Gasteiger partial charge in [0.05, 0.1) is 12.0 Å². The zero-order chi connectivity index (χ0) is 25.2. The Bertz CT molecular complexity index is 1220. The molecule has 4 nitrogen and oxygen atoms in total. The van der Waals surface area contributed by atoms with Gasteiger partial charge in [0.25, 0.3) is 5.91 Å². The van der Waals surface area contributed by atoms with Crippen molar-refractivity contribution in [3.63, 3.8) is 0 Å². The fraction of sp³-hybridized carbons (Fsp3) is 0.333. The van der Waals surface area contributed by atoms with Crippen molar-refractivity contribution in [1.29, 1.82) is 0 Å². The van der Waals surface area contributed by atoms with Crippen LogP contribution in [0.3, 0.4) is 0 Å². The molecule has 1 aliphatic rings. The average molecular weight is 473 g/mol. The third-order valence-corrected chi connectivity index (χ3v) is 6.78. The van der Waals surface area contributed by atoms with Crippen LogP contribution in [-0.4, -0.2) is 23.3 Å². The predicted molar refractivity (Wildman–Crippen MR) is 138 cm³/mol. The summed E-state index contributed by atoms with van der Waals surface area (Å²) in [6, 6.07) is 21.5. The van der Waals surface area contributed by atoms with Gasteiger partial charge >= 0.3 is 0 Å². The van der Waals surface area contributed by atoms with Gasteiger partial charge < -0.3 is 10.2 Å². The molecular weight excluding hydrogens is 439 g/mol. The van der Waals surface area contributed by atoms with Crippen molar-refractivity contribution in [2.75, 3.05) is 11.9 Å². The maximum absolute atomic E-state index is 13.7. The number of likely N-dealkylation sites (tertiary alicyclic amines) is 1. The first-order chi connectivity index (χ1) is 16.6. The van der Waals surface area contributed by atoms with E-state index in [1.807, 2.05) is 48.5 Å². The second-order valence-corrected chi connectivity index (χ2v) is 10.4. The Balaban J connectivity index is 1.67.